The molecule has 0 fully saturated rings. The highest BCUT2D eigenvalue weighted by molar-refractivity contribution is 6.05. The number of nitrogens with one attached hydrogen (secondary N) is 1. The van der Waals surface area contributed by atoms with Gasteiger partial charge in [-0.05, 0) is 31.2 Å². The zero-order valence-corrected chi connectivity index (χ0v) is 18.4. The quantitative estimate of drug-likeness (QED) is 0.420. The van der Waals surface area contributed by atoms with Gasteiger partial charge in [-0.1, -0.05) is 11.3 Å². The van der Waals surface area contributed by atoms with Gasteiger partial charge in [-0.2, -0.15) is 0 Å². The Labute approximate surface area is 192 Å². The van der Waals surface area contributed by atoms with Crippen molar-refractivity contribution < 1.29 is 27.5 Å². The van der Waals surface area contributed by atoms with Crippen LogP contribution in [-0.4, -0.2) is 40.1 Å². The lowest BCUT2D eigenvalue weighted by atomic mass is 10.2. The topological polar surface area (TPSA) is 130 Å². The number of para-hydroxylation sites is 1. The number of methoxy groups -OCH3 is 2. The first-order valence-electron chi connectivity index (χ1n) is 9.95. The minimum atomic E-state index is -0.932. The van der Waals surface area contributed by atoms with Crippen molar-refractivity contribution in [2.45, 2.75) is 13.5 Å². The molecule has 1 amide bonds. The Hall–Kier alpha value is -4.48. The number of benzene rings is 2. The van der Waals surface area contributed by atoms with Gasteiger partial charge in [0.2, 0.25) is 5.89 Å². The van der Waals surface area contributed by atoms with Gasteiger partial charge >= 0.3 is 0 Å². The molecular formula is C22H20F2N6O4. The highest BCUT2D eigenvalue weighted by atomic mass is 19.1. The summed E-state index contributed by atoms with van der Waals surface area (Å²) in [6.45, 7) is 1.77. The van der Waals surface area contributed by atoms with E-state index in [1.807, 2.05) is 0 Å². The van der Waals surface area contributed by atoms with E-state index in [1.54, 1.807) is 25.1 Å². The van der Waals surface area contributed by atoms with Crippen LogP contribution in [0.1, 0.15) is 21.9 Å². The molecule has 0 saturated carbocycles. The minimum absolute atomic E-state index is 0.0542. The van der Waals surface area contributed by atoms with E-state index in [0.717, 1.165) is 12.1 Å². The van der Waals surface area contributed by atoms with Crippen LogP contribution in [0.3, 0.4) is 0 Å². The van der Waals surface area contributed by atoms with Crippen LogP contribution < -0.4 is 20.5 Å². The molecule has 12 heteroatoms. The van der Waals surface area contributed by atoms with Gasteiger partial charge in [-0.25, -0.2) is 18.4 Å². The zero-order valence-electron chi connectivity index (χ0n) is 18.4. The Kier molecular flexibility index (Phi) is 6.13. The van der Waals surface area contributed by atoms with Crippen LogP contribution in [0.25, 0.3) is 11.5 Å². The molecule has 0 unspecified atom stereocenters. The Morgan fingerprint density at radius 2 is 2.00 bits per heavy atom. The molecule has 0 atom stereocenters. The SMILES string of the molecule is COc1cccc(-c2nc(Cn3nnc(C(=O)Nc4ccc(F)cc4F)c3N)c(C)o2)c1OC. The molecule has 34 heavy (non-hydrogen) atoms. The number of carbonyl (C=O) groups excluding carboxylic acids is 1. The minimum Gasteiger partial charge on any atom is -0.493 e. The summed E-state index contributed by atoms with van der Waals surface area (Å²) in [5.41, 5.74) is 6.69. The third-order valence-electron chi connectivity index (χ3n) is 4.99. The molecule has 2 aromatic heterocycles. The first-order valence-corrected chi connectivity index (χ1v) is 9.95. The van der Waals surface area contributed by atoms with Crippen LogP contribution in [0.5, 0.6) is 11.5 Å². The summed E-state index contributed by atoms with van der Waals surface area (Å²) in [6, 6.07) is 8.06. The summed E-state index contributed by atoms with van der Waals surface area (Å²) in [7, 11) is 3.04. The summed E-state index contributed by atoms with van der Waals surface area (Å²) in [6.07, 6.45) is 0. The van der Waals surface area contributed by atoms with E-state index in [0.29, 0.717) is 40.5 Å². The number of amides is 1. The molecule has 0 aliphatic carbocycles. The first-order chi connectivity index (χ1) is 16.3. The van der Waals surface area contributed by atoms with Gasteiger partial charge in [0.25, 0.3) is 5.91 Å². The Bertz CT molecular complexity index is 1370. The van der Waals surface area contributed by atoms with Gasteiger partial charge in [-0.15, -0.1) is 5.10 Å². The fourth-order valence-corrected chi connectivity index (χ4v) is 3.26. The average Bonchev–Trinajstić information content (AvgIpc) is 3.37. The summed E-state index contributed by atoms with van der Waals surface area (Å²) in [4.78, 5) is 17.0. The van der Waals surface area contributed by atoms with Crippen LogP contribution in [-0.2, 0) is 6.54 Å². The van der Waals surface area contributed by atoms with Crippen molar-refractivity contribution in [3.05, 3.63) is 65.2 Å². The summed E-state index contributed by atoms with van der Waals surface area (Å²) < 4.78 is 44.7. The molecule has 4 rings (SSSR count). The molecule has 2 aromatic carbocycles. The fourth-order valence-electron chi connectivity index (χ4n) is 3.26. The van der Waals surface area contributed by atoms with E-state index < -0.39 is 17.5 Å². The van der Waals surface area contributed by atoms with E-state index in [4.69, 9.17) is 19.6 Å². The van der Waals surface area contributed by atoms with E-state index >= 15 is 0 Å². The van der Waals surface area contributed by atoms with Crippen LogP contribution in [0.15, 0.2) is 40.8 Å². The Morgan fingerprint density at radius 3 is 2.71 bits per heavy atom. The van der Waals surface area contributed by atoms with Crippen LogP contribution in [0, 0.1) is 18.6 Å². The van der Waals surface area contributed by atoms with Crippen molar-refractivity contribution in [3.8, 4) is 23.0 Å². The predicted octanol–water partition coefficient (Wildman–Crippen LogP) is 3.42. The number of ether oxygens (including phenoxy) is 2. The van der Waals surface area contributed by atoms with Gasteiger partial charge in [-0.3, -0.25) is 4.79 Å². The second-order valence-electron chi connectivity index (χ2n) is 7.12. The van der Waals surface area contributed by atoms with Crippen molar-refractivity contribution in [2.75, 3.05) is 25.3 Å². The molecule has 0 aliphatic rings. The molecule has 10 nitrogen and oxygen atoms in total. The summed E-state index contributed by atoms with van der Waals surface area (Å²) >= 11 is 0. The van der Waals surface area contributed by atoms with Gasteiger partial charge < -0.3 is 24.9 Å². The van der Waals surface area contributed by atoms with Crippen LogP contribution in [0.2, 0.25) is 0 Å². The van der Waals surface area contributed by atoms with E-state index in [9.17, 15) is 13.6 Å². The number of hydrogen-bond donors (Lipinski definition) is 2. The average molecular weight is 470 g/mol. The summed E-state index contributed by atoms with van der Waals surface area (Å²) in [5, 5.41) is 9.98. The second kappa shape index (κ2) is 9.17. The Morgan fingerprint density at radius 1 is 1.21 bits per heavy atom. The number of nitrogens with two attached hydrogens (primary N) is 1. The largest absolute Gasteiger partial charge is 0.493 e. The number of carbonyl (C=O) groups is 1. The van der Waals surface area contributed by atoms with E-state index in [2.05, 4.69) is 20.6 Å². The number of anilines is 2. The predicted molar refractivity (Wildman–Crippen MR) is 118 cm³/mol. The number of rotatable bonds is 7. The third-order valence-corrected chi connectivity index (χ3v) is 4.99. The lowest BCUT2D eigenvalue weighted by Gasteiger charge is -2.09. The van der Waals surface area contributed by atoms with E-state index in [1.165, 1.54) is 18.9 Å². The number of halogens is 2. The number of oxazole rings is 1. The number of hydrogen-bond acceptors (Lipinski definition) is 8. The molecular weight excluding hydrogens is 450 g/mol. The van der Waals surface area contributed by atoms with Gasteiger partial charge in [0, 0.05) is 6.07 Å². The van der Waals surface area contributed by atoms with Crippen LogP contribution >= 0.6 is 0 Å². The van der Waals surface area contributed by atoms with Crippen molar-refractivity contribution in [1.29, 1.82) is 0 Å². The van der Waals surface area contributed by atoms with Crippen molar-refractivity contribution in [3.63, 3.8) is 0 Å². The number of nitrogens with zero attached hydrogens (tertiary/aromatic N) is 4. The molecule has 0 aliphatic heterocycles. The van der Waals surface area contributed by atoms with Gasteiger partial charge in [0.05, 0.1) is 32.0 Å². The lowest BCUT2D eigenvalue weighted by molar-refractivity contribution is 0.102. The molecule has 0 saturated heterocycles. The molecule has 0 bridgehead atoms. The standard InChI is InChI=1S/C22H20F2N6O4/c1-11-16(27-22(34-11)13-5-4-6-17(32-2)19(13)33-3)10-30-20(25)18(28-29-30)21(31)26-15-8-7-12(23)9-14(15)24/h4-9H,10,25H2,1-3H3,(H,26,31). The molecule has 0 radical (unpaired) electrons. The van der Waals surface area contributed by atoms with E-state index in [-0.39, 0.29) is 23.7 Å². The monoisotopic (exact) mass is 470 g/mol. The van der Waals surface area contributed by atoms with Crippen molar-refractivity contribution >= 4 is 17.4 Å². The highest BCUT2D eigenvalue weighted by Crippen LogP contribution is 2.38. The molecule has 3 N–H and O–H groups in total. The molecule has 176 valence electrons. The smallest absolute Gasteiger partial charge is 0.280 e. The molecule has 2 heterocycles. The zero-order chi connectivity index (χ0) is 24.4. The van der Waals surface area contributed by atoms with Gasteiger partial charge in [0.1, 0.15) is 23.1 Å². The second-order valence-corrected chi connectivity index (χ2v) is 7.12. The maximum absolute atomic E-state index is 13.8. The van der Waals surface area contributed by atoms with Crippen LogP contribution in [0.4, 0.5) is 20.3 Å². The Balaban J connectivity index is 1.57. The van der Waals surface area contributed by atoms with Gasteiger partial charge in [0.15, 0.2) is 23.0 Å². The van der Waals surface area contributed by atoms with Crippen molar-refractivity contribution in [2.24, 2.45) is 0 Å². The molecule has 0 spiro atoms. The maximum atomic E-state index is 13.8. The number of aryl methyl sites for hydroxylation is 1. The lowest BCUT2D eigenvalue weighted by Crippen LogP contribution is -2.16. The maximum Gasteiger partial charge on any atom is 0.280 e. The fraction of sp³-hybridized carbons (Fsp3) is 0.182. The highest BCUT2D eigenvalue weighted by Gasteiger charge is 2.22. The third kappa shape index (κ3) is 4.25. The number of aromatic nitrogens is 4. The number of nitrogen functional groups attached to an aromatic ring is 1. The molecule has 4 aromatic rings. The normalized spacial score (nSPS) is 10.9. The summed E-state index contributed by atoms with van der Waals surface area (Å²) in [5.74, 6) is -0.791. The first kappa shape index (κ1) is 22.7. The van der Waals surface area contributed by atoms with Crippen molar-refractivity contribution in [1.82, 2.24) is 20.0 Å².